The number of hydrogen-bond donors (Lipinski definition) is 2. The molecule has 0 aliphatic heterocycles. The molecule has 1 aromatic heterocycles. The summed E-state index contributed by atoms with van der Waals surface area (Å²) in [7, 11) is 1.63. The van der Waals surface area contributed by atoms with Crippen LogP contribution in [0.25, 0.3) is 0 Å². The first kappa shape index (κ1) is 13.9. The molecule has 0 spiro atoms. The second-order valence-electron chi connectivity index (χ2n) is 4.19. The minimum atomic E-state index is -0.988. The van der Waals surface area contributed by atoms with Crippen molar-refractivity contribution in [2.24, 2.45) is 0 Å². The monoisotopic (exact) mass is 272 g/mol. The number of benzene rings is 1. The molecule has 0 amide bonds. The van der Waals surface area contributed by atoms with E-state index in [0.29, 0.717) is 12.4 Å². The summed E-state index contributed by atoms with van der Waals surface area (Å²) >= 11 is 0. The Bertz CT molecular complexity index is 599. The summed E-state index contributed by atoms with van der Waals surface area (Å²) in [5.41, 5.74) is 1.24. The van der Waals surface area contributed by atoms with Crippen LogP contribution in [0.15, 0.2) is 42.6 Å². The van der Waals surface area contributed by atoms with Gasteiger partial charge in [0, 0.05) is 12.7 Å². The molecule has 20 heavy (non-hydrogen) atoms. The highest BCUT2D eigenvalue weighted by Crippen LogP contribution is 2.18. The van der Waals surface area contributed by atoms with Gasteiger partial charge in [0.1, 0.15) is 17.1 Å². The summed E-state index contributed by atoms with van der Waals surface area (Å²) in [6, 6.07) is 10.9. The van der Waals surface area contributed by atoms with E-state index < -0.39 is 5.97 Å². The van der Waals surface area contributed by atoms with Gasteiger partial charge in [-0.25, -0.2) is 9.78 Å². The highest BCUT2D eigenvalue weighted by atomic mass is 16.5. The predicted octanol–water partition coefficient (Wildman–Crippen LogP) is 2.44. The molecule has 0 aliphatic rings. The van der Waals surface area contributed by atoms with Crippen LogP contribution in [0.3, 0.4) is 0 Å². The Morgan fingerprint density at radius 2 is 2.10 bits per heavy atom. The van der Waals surface area contributed by atoms with Gasteiger partial charge in [0.25, 0.3) is 0 Å². The van der Waals surface area contributed by atoms with Crippen molar-refractivity contribution in [1.82, 2.24) is 4.98 Å². The van der Waals surface area contributed by atoms with Crippen LogP contribution in [0.1, 0.15) is 15.9 Å². The number of carboxylic acid groups (broad SMARTS) is 1. The normalized spacial score (nSPS) is 10.1. The number of carboxylic acids is 1. The zero-order chi connectivity index (χ0) is 14.4. The van der Waals surface area contributed by atoms with E-state index in [-0.39, 0.29) is 5.56 Å². The topological polar surface area (TPSA) is 71.5 Å². The Morgan fingerprint density at radius 1 is 1.30 bits per heavy atom. The Hall–Kier alpha value is -2.56. The highest BCUT2D eigenvalue weighted by molar-refractivity contribution is 5.92. The SMILES string of the molecule is COc1ccccc1CCNc1ncccc1C(=O)O. The summed E-state index contributed by atoms with van der Waals surface area (Å²) in [6.45, 7) is 0.581. The number of ether oxygens (including phenoxy) is 1. The van der Waals surface area contributed by atoms with Crippen molar-refractivity contribution >= 4 is 11.8 Å². The number of pyridine rings is 1. The average molecular weight is 272 g/mol. The predicted molar refractivity (Wildman–Crippen MR) is 76.4 cm³/mol. The van der Waals surface area contributed by atoms with Crippen molar-refractivity contribution in [2.45, 2.75) is 6.42 Å². The van der Waals surface area contributed by atoms with Crippen molar-refractivity contribution in [3.8, 4) is 5.75 Å². The third-order valence-corrected chi connectivity index (χ3v) is 2.92. The number of nitrogens with zero attached hydrogens (tertiary/aromatic N) is 1. The van der Waals surface area contributed by atoms with Crippen molar-refractivity contribution in [1.29, 1.82) is 0 Å². The fourth-order valence-corrected chi connectivity index (χ4v) is 1.94. The second kappa shape index (κ2) is 6.56. The smallest absolute Gasteiger partial charge is 0.339 e. The van der Waals surface area contributed by atoms with Gasteiger partial charge in [-0.2, -0.15) is 0 Å². The molecule has 0 atom stereocenters. The van der Waals surface area contributed by atoms with E-state index in [2.05, 4.69) is 10.3 Å². The fraction of sp³-hybridized carbons (Fsp3) is 0.200. The van der Waals surface area contributed by atoms with Crippen LogP contribution in [0.4, 0.5) is 5.82 Å². The highest BCUT2D eigenvalue weighted by Gasteiger charge is 2.10. The van der Waals surface area contributed by atoms with E-state index in [1.165, 1.54) is 6.07 Å². The summed E-state index contributed by atoms with van der Waals surface area (Å²) in [5.74, 6) is 0.224. The number of carbonyl (C=O) groups is 1. The molecule has 0 fully saturated rings. The van der Waals surface area contributed by atoms with E-state index >= 15 is 0 Å². The Labute approximate surface area is 117 Å². The van der Waals surface area contributed by atoms with Crippen LogP contribution in [0.5, 0.6) is 5.75 Å². The van der Waals surface area contributed by atoms with Gasteiger partial charge in [-0.15, -0.1) is 0 Å². The van der Waals surface area contributed by atoms with Gasteiger partial charge in [0.15, 0.2) is 0 Å². The molecule has 2 N–H and O–H groups in total. The van der Waals surface area contributed by atoms with Gasteiger partial charge in [-0.1, -0.05) is 18.2 Å². The Balaban J connectivity index is 2.01. The van der Waals surface area contributed by atoms with Gasteiger partial charge in [0.2, 0.25) is 0 Å². The Morgan fingerprint density at radius 3 is 2.85 bits per heavy atom. The number of rotatable bonds is 6. The van der Waals surface area contributed by atoms with Crippen LogP contribution in [0, 0.1) is 0 Å². The largest absolute Gasteiger partial charge is 0.496 e. The number of para-hydroxylation sites is 1. The minimum Gasteiger partial charge on any atom is -0.496 e. The van der Waals surface area contributed by atoms with Crippen LogP contribution in [-0.4, -0.2) is 29.7 Å². The summed E-state index contributed by atoms with van der Waals surface area (Å²) in [6.07, 6.45) is 2.29. The quantitative estimate of drug-likeness (QED) is 0.845. The average Bonchev–Trinajstić information content (AvgIpc) is 2.48. The molecule has 0 radical (unpaired) electrons. The number of nitrogens with one attached hydrogen (secondary N) is 1. The molecule has 104 valence electrons. The van der Waals surface area contributed by atoms with Gasteiger partial charge in [-0.3, -0.25) is 0 Å². The molecule has 5 heteroatoms. The molecular weight excluding hydrogens is 256 g/mol. The molecule has 0 saturated heterocycles. The first-order valence-electron chi connectivity index (χ1n) is 6.26. The molecular formula is C15H16N2O3. The zero-order valence-electron chi connectivity index (χ0n) is 11.2. The number of aromatic nitrogens is 1. The maximum absolute atomic E-state index is 11.1. The van der Waals surface area contributed by atoms with Gasteiger partial charge < -0.3 is 15.2 Å². The third kappa shape index (κ3) is 3.26. The molecule has 1 heterocycles. The first-order valence-corrected chi connectivity index (χ1v) is 6.26. The molecule has 1 aromatic carbocycles. The number of methoxy groups -OCH3 is 1. The first-order chi connectivity index (χ1) is 9.72. The minimum absolute atomic E-state index is 0.174. The van der Waals surface area contributed by atoms with Crippen LogP contribution in [-0.2, 0) is 6.42 Å². The molecule has 0 aliphatic carbocycles. The van der Waals surface area contributed by atoms with Crippen LogP contribution < -0.4 is 10.1 Å². The lowest BCUT2D eigenvalue weighted by Gasteiger charge is -2.10. The third-order valence-electron chi connectivity index (χ3n) is 2.92. The van der Waals surface area contributed by atoms with Crippen LogP contribution in [0.2, 0.25) is 0 Å². The van der Waals surface area contributed by atoms with E-state index in [4.69, 9.17) is 9.84 Å². The zero-order valence-corrected chi connectivity index (χ0v) is 11.2. The van der Waals surface area contributed by atoms with E-state index in [1.807, 2.05) is 24.3 Å². The summed E-state index contributed by atoms with van der Waals surface area (Å²) < 4.78 is 5.27. The van der Waals surface area contributed by atoms with Crippen molar-refractivity contribution in [2.75, 3.05) is 19.0 Å². The maximum Gasteiger partial charge on any atom is 0.339 e. The van der Waals surface area contributed by atoms with Gasteiger partial charge in [-0.05, 0) is 30.2 Å². The van der Waals surface area contributed by atoms with Crippen molar-refractivity contribution < 1.29 is 14.6 Å². The van der Waals surface area contributed by atoms with Crippen molar-refractivity contribution in [3.63, 3.8) is 0 Å². The number of anilines is 1. The molecule has 0 unspecified atom stereocenters. The molecule has 2 aromatic rings. The number of aromatic carboxylic acids is 1. The molecule has 2 rings (SSSR count). The van der Waals surface area contributed by atoms with E-state index in [1.54, 1.807) is 19.4 Å². The molecule has 0 saturated carbocycles. The molecule has 0 bridgehead atoms. The molecule has 5 nitrogen and oxygen atoms in total. The standard InChI is InChI=1S/C15H16N2O3/c1-20-13-7-3-2-5-11(13)8-10-17-14-12(15(18)19)6-4-9-16-14/h2-7,9H,8,10H2,1H3,(H,16,17)(H,18,19). The van der Waals surface area contributed by atoms with E-state index in [9.17, 15) is 4.79 Å². The fourth-order valence-electron chi connectivity index (χ4n) is 1.94. The lowest BCUT2D eigenvalue weighted by Crippen LogP contribution is -2.11. The van der Waals surface area contributed by atoms with Gasteiger partial charge in [0.05, 0.1) is 7.11 Å². The maximum atomic E-state index is 11.1. The van der Waals surface area contributed by atoms with Crippen molar-refractivity contribution in [3.05, 3.63) is 53.7 Å². The summed E-state index contributed by atoms with van der Waals surface area (Å²) in [5, 5.41) is 12.1. The van der Waals surface area contributed by atoms with Crippen LogP contribution >= 0.6 is 0 Å². The second-order valence-corrected chi connectivity index (χ2v) is 4.19. The van der Waals surface area contributed by atoms with Gasteiger partial charge >= 0.3 is 5.97 Å². The lowest BCUT2D eigenvalue weighted by molar-refractivity contribution is 0.0697. The Kier molecular flexibility index (Phi) is 4.55. The lowest BCUT2D eigenvalue weighted by atomic mass is 10.1. The van der Waals surface area contributed by atoms with E-state index in [0.717, 1.165) is 17.7 Å². The number of hydrogen-bond acceptors (Lipinski definition) is 4. The summed E-state index contributed by atoms with van der Waals surface area (Å²) in [4.78, 5) is 15.1.